The van der Waals surface area contributed by atoms with Crippen LogP contribution in [0.1, 0.15) is 26.5 Å². The van der Waals surface area contributed by atoms with Crippen LogP contribution in [0.5, 0.6) is 0 Å². The van der Waals surface area contributed by atoms with E-state index in [-0.39, 0.29) is 11.7 Å². The fourth-order valence-corrected chi connectivity index (χ4v) is 2.02. The van der Waals surface area contributed by atoms with Gasteiger partial charge in [0.1, 0.15) is 12.2 Å². The summed E-state index contributed by atoms with van der Waals surface area (Å²) in [5, 5.41) is 28.7. The number of hydrogen-bond acceptors (Lipinski definition) is 9. The first-order valence-electron chi connectivity index (χ1n) is 7.10. The maximum atomic E-state index is 11.8. The van der Waals surface area contributed by atoms with Crippen molar-refractivity contribution in [2.45, 2.75) is 45.0 Å². The standard InChI is InChI=1S/C13H19N3O7/c1-3-6(2)11(19)23-12-9(18)8(17)10(22-12)16-5-4-7(15-21)14-13(16)20/h4-6,8-10,12,17-18,21H,3H2,1-2H3,(H,14,15,20)/t6?,8-,9+,10-,12-/m1/s1. The Hall–Kier alpha value is -2.01. The van der Waals surface area contributed by atoms with Gasteiger partial charge in [-0.15, -0.1) is 0 Å². The molecule has 10 heteroatoms. The molecule has 4 N–H and O–H groups in total. The Balaban J connectivity index is 2.16. The van der Waals surface area contributed by atoms with Crippen LogP contribution in [0.25, 0.3) is 0 Å². The van der Waals surface area contributed by atoms with Crippen LogP contribution in [0.3, 0.4) is 0 Å². The van der Waals surface area contributed by atoms with E-state index in [1.165, 1.54) is 12.3 Å². The maximum absolute atomic E-state index is 11.8. The van der Waals surface area contributed by atoms with Crippen LogP contribution < -0.4 is 11.2 Å². The Bertz CT molecular complexity index is 620. The van der Waals surface area contributed by atoms with Gasteiger partial charge in [0.05, 0.1) is 5.92 Å². The van der Waals surface area contributed by atoms with Gasteiger partial charge in [-0.2, -0.15) is 4.98 Å². The Labute approximate surface area is 131 Å². The number of anilines is 1. The van der Waals surface area contributed by atoms with Crippen molar-refractivity contribution < 1.29 is 29.7 Å². The van der Waals surface area contributed by atoms with E-state index < -0.39 is 36.4 Å². The van der Waals surface area contributed by atoms with E-state index in [1.54, 1.807) is 19.3 Å². The van der Waals surface area contributed by atoms with Crippen LogP contribution in [0.15, 0.2) is 17.1 Å². The molecule has 0 aliphatic carbocycles. The summed E-state index contributed by atoms with van der Waals surface area (Å²) in [5.41, 5.74) is 0.888. The van der Waals surface area contributed by atoms with Crippen LogP contribution >= 0.6 is 0 Å². The molecule has 1 aromatic rings. The number of carbonyl (C=O) groups is 1. The summed E-state index contributed by atoms with van der Waals surface area (Å²) in [6.45, 7) is 3.46. The van der Waals surface area contributed by atoms with E-state index >= 15 is 0 Å². The minimum absolute atomic E-state index is 0.0842. The quantitative estimate of drug-likeness (QED) is 0.403. The third kappa shape index (κ3) is 3.50. The zero-order chi connectivity index (χ0) is 17.1. The number of esters is 1. The molecule has 0 spiro atoms. The lowest BCUT2D eigenvalue weighted by molar-refractivity contribution is -0.197. The van der Waals surface area contributed by atoms with Gasteiger partial charge in [0.15, 0.2) is 12.0 Å². The van der Waals surface area contributed by atoms with Gasteiger partial charge >= 0.3 is 11.7 Å². The number of aromatic nitrogens is 2. The summed E-state index contributed by atoms with van der Waals surface area (Å²) in [5.74, 6) is -1.05. The lowest BCUT2D eigenvalue weighted by Crippen LogP contribution is -2.36. The van der Waals surface area contributed by atoms with Gasteiger partial charge in [0, 0.05) is 6.20 Å². The van der Waals surface area contributed by atoms with Gasteiger partial charge in [0.25, 0.3) is 0 Å². The van der Waals surface area contributed by atoms with Gasteiger partial charge in [-0.25, -0.2) is 4.79 Å². The molecule has 0 aromatic carbocycles. The van der Waals surface area contributed by atoms with Crippen LogP contribution in [0.2, 0.25) is 0 Å². The highest BCUT2D eigenvalue weighted by Gasteiger charge is 2.46. The van der Waals surface area contributed by atoms with E-state index in [0.29, 0.717) is 6.42 Å². The highest BCUT2D eigenvalue weighted by atomic mass is 16.7. The number of ether oxygens (including phenoxy) is 2. The van der Waals surface area contributed by atoms with E-state index in [1.807, 2.05) is 0 Å². The number of aliphatic hydroxyl groups is 2. The van der Waals surface area contributed by atoms with Gasteiger partial charge in [-0.05, 0) is 12.5 Å². The molecule has 0 saturated carbocycles. The molecular weight excluding hydrogens is 310 g/mol. The minimum atomic E-state index is -1.50. The third-order valence-electron chi connectivity index (χ3n) is 3.66. The Morgan fingerprint density at radius 2 is 2.22 bits per heavy atom. The molecule has 1 aliphatic rings. The van der Waals surface area contributed by atoms with Crippen molar-refractivity contribution in [2.24, 2.45) is 5.92 Å². The fraction of sp³-hybridized carbons (Fsp3) is 0.615. The van der Waals surface area contributed by atoms with E-state index in [2.05, 4.69) is 4.98 Å². The molecule has 0 bridgehead atoms. The molecule has 1 fully saturated rings. The molecule has 1 unspecified atom stereocenters. The van der Waals surface area contributed by atoms with Gasteiger partial charge in [-0.1, -0.05) is 13.8 Å². The molecule has 0 radical (unpaired) electrons. The van der Waals surface area contributed by atoms with E-state index in [4.69, 9.17) is 14.7 Å². The molecule has 128 valence electrons. The van der Waals surface area contributed by atoms with Crippen LogP contribution in [-0.4, -0.2) is 49.4 Å². The molecular formula is C13H19N3O7. The SMILES string of the molecule is CCC(C)C(=O)O[C@H]1O[C@@H](n2ccc(NO)nc2=O)[C@H](O)[C@@H]1O. The molecule has 2 heterocycles. The molecule has 2 rings (SSSR count). The lowest BCUT2D eigenvalue weighted by atomic mass is 10.1. The van der Waals surface area contributed by atoms with E-state index in [9.17, 15) is 19.8 Å². The molecule has 1 saturated heterocycles. The monoisotopic (exact) mass is 329 g/mol. The second kappa shape index (κ2) is 7.04. The molecule has 1 aromatic heterocycles. The Kier molecular flexibility index (Phi) is 5.31. The first-order chi connectivity index (χ1) is 10.9. The predicted molar refractivity (Wildman–Crippen MR) is 75.4 cm³/mol. The van der Waals surface area contributed by atoms with Crippen LogP contribution in [0, 0.1) is 5.92 Å². The number of carbonyl (C=O) groups excluding carboxylic acids is 1. The highest BCUT2D eigenvalue weighted by Crippen LogP contribution is 2.29. The molecule has 5 atom stereocenters. The average molecular weight is 329 g/mol. The number of hydrogen-bond donors (Lipinski definition) is 4. The molecule has 10 nitrogen and oxygen atoms in total. The lowest BCUT2D eigenvalue weighted by Gasteiger charge is -2.18. The minimum Gasteiger partial charge on any atom is -0.432 e. The summed E-state index contributed by atoms with van der Waals surface area (Å²) in [6.07, 6.45) is -3.89. The number of rotatable bonds is 5. The highest BCUT2D eigenvalue weighted by molar-refractivity contribution is 5.72. The average Bonchev–Trinajstić information content (AvgIpc) is 2.82. The second-order valence-corrected chi connectivity index (χ2v) is 5.24. The van der Waals surface area contributed by atoms with Gasteiger partial charge in [0.2, 0.25) is 6.29 Å². The number of nitrogens with zero attached hydrogens (tertiary/aromatic N) is 2. The number of aliphatic hydroxyl groups excluding tert-OH is 2. The molecule has 1 aliphatic heterocycles. The van der Waals surface area contributed by atoms with Crippen molar-refractivity contribution in [3.05, 3.63) is 22.7 Å². The zero-order valence-corrected chi connectivity index (χ0v) is 12.6. The topological polar surface area (TPSA) is 143 Å². The maximum Gasteiger partial charge on any atom is 0.351 e. The van der Waals surface area contributed by atoms with Crippen LogP contribution in [-0.2, 0) is 14.3 Å². The van der Waals surface area contributed by atoms with Crippen molar-refractivity contribution >= 4 is 11.8 Å². The summed E-state index contributed by atoms with van der Waals surface area (Å²) in [7, 11) is 0. The van der Waals surface area contributed by atoms with Crippen molar-refractivity contribution in [3.63, 3.8) is 0 Å². The summed E-state index contributed by atoms with van der Waals surface area (Å²) in [4.78, 5) is 27.1. The zero-order valence-electron chi connectivity index (χ0n) is 12.6. The smallest absolute Gasteiger partial charge is 0.351 e. The largest absolute Gasteiger partial charge is 0.432 e. The van der Waals surface area contributed by atoms with Crippen molar-refractivity contribution in [3.8, 4) is 0 Å². The van der Waals surface area contributed by atoms with Crippen molar-refractivity contribution in [2.75, 3.05) is 5.48 Å². The fourth-order valence-electron chi connectivity index (χ4n) is 2.02. The predicted octanol–water partition coefficient (Wildman–Crippen LogP) is -0.790. The Morgan fingerprint density at radius 1 is 1.52 bits per heavy atom. The Morgan fingerprint density at radius 3 is 2.78 bits per heavy atom. The second-order valence-electron chi connectivity index (χ2n) is 5.24. The van der Waals surface area contributed by atoms with Crippen LogP contribution in [0.4, 0.5) is 5.82 Å². The summed E-state index contributed by atoms with van der Waals surface area (Å²) >= 11 is 0. The summed E-state index contributed by atoms with van der Waals surface area (Å²) < 4.78 is 11.2. The molecule has 23 heavy (non-hydrogen) atoms. The third-order valence-corrected chi connectivity index (χ3v) is 3.66. The first kappa shape index (κ1) is 17.3. The van der Waals surface area contributed by atoms with Crippen molar-refractivity contribution in [1.29, 1.82) is 0 Å². The molecule has 0 amide bonds. The first-order valence-corrected chi connectivity index (χ1v) is 7.10. The summed E-state index contributed by atoms with van der Waals surface area (Å²) in [6, 6.07) is 1.27. The van der Waals surface area contributed by atoms with Gasteiger partial charge in [-0.3, -0.25) is 20.0 Å². The van der Waals surface area contributed by atoms with Crippen molar-refractivity contribution in [1.82, 2.24) is 9.55 Å². The number of nitrogens with one attached hydrogen (secondary N) is 1. The normalized spacial score (nSPS) is 28.4. The van der Waals surface area contributed by atoms with E-state index in [0.717, 1.165) is 4.57 Å². The van der Waals surface area contributed by atoms with Gasteiger partial charge < -0.3 is 19.7 Å².